The molecule has 0 bridgehead atoms. The molecule has 0 spiro atoms. The molecule has 180 valence electrons. The van der Waals surface area contributed by atoms with Crippen molar-refractivity contribution >= 4 is 11.8 Å². The summed E-state index contributed by atoms with van der Waals surface area (Å²) in [5.74, 6) is -1.88. The molecular weight excluding hydrogens is 436 g/mol. The lowest BCUT2D eigenvalue weighted by atomic mass is 10.0. The van der Waals surface area contributed by atoms with Crippen molar-refractivity contribution in [2.45, 2.75) is 44.5 Å². The van der Waals surface area contributed by atoms with Crippen LogP contribution in [0.3, 0.4) is 0 Å². The van der Waals surface area contributed by atoms with Crippen molar-refractivity contribution in [3.8, 4) is 23.0 Å². The van der Waals surface area contributed by atoms with Gasteiger partial charge in [-0.3, -0.25) is 9.59 Å². The van der Waals surface area contributed by atoms with Gasteiger partial charge in [0.25, 0.3) is 0 Å². The predicted molar refractivity (Wildman–Crippen MR) is 115 cm³/mol. The maximum Gasteiger partial charge on any atom is 0.302 e. The topological polar surface area (TPSA) is 174 Å². The number of benzene rings is 2. The highest BCUT2D eigenvalue weighted by molar-refractivity contribution is 6.01. The average Bonchev–Trinajstić information content (AvgIpc) is 2.72. The normalized spacial score (nSPS) is 19.8. The third-order valence-corrected chi connectivity index (χ3v) is 4.83. The predicted octanol–water partition coefficient (Wildman–Crippen LogP) is 1.38. The highest BCUT2D eigenvalue weighted by Gasteiger charge is 2.29. The number of rotatable bonds is 6. The second-order valence-corrected chi connectivity index (χ2v) is 7.58. The van der Waals surface area contributed by atoms with Crippen LogP contribution in [0.1, 0.15) is 35.7 Å². The van der Waals surface area contributed by atoms with Crippen LogP contribution in [-0.4, -0.2) is 73.9 Å². The number of Topliss-reactive ketones (excluding diaryl/α,β-unsaturated/α-hetero) is 1. The first-order valence-corrected chi connectivity index (χ1v) is 10.2. The zero-order valence-corrected chi connectivity index (χ0v) is 18.0. The molecular formula is C23H28O10. The number of hydrogen-bond donors (Lipinski definition) is 6. The number of aromatic hydroxyl groups is 4. The number of hydrogen-bond acceptors (Lipinski definition) is 10. The van der Waals surface area contributed by atoms with Gasteiger partial charge < -0.3 is 40.1 Å². The van der Waals surface area contributed by atoms with Crippen LogP contribution in [0.4, 0.5) is 0 Å². The van der Waals surface area contributed by atoms with Gasteiger partial charge in [-0.1, -0.05) is 12.1 Å². The quantitative estimate of drug-likeness (QED) is 0.271. The molecule has 2 aromatic carbocycles. The third-order valence-electron chi connectivity index (χ3n) is 4.83. The van der Waals surface area contributed by atoms with Crippen LogP contribution in [0, 0.1) is 0 Å². The van der Waals surface area contributed by atoms with Crippen LogP contribution >= 0.6 is 0 Å². The third kappa shape index (κ3) is 8.26. The van der Waals surface area contributed by atoms with Gasteiger partial charge in [0, 0.05) is 31.9 Å². The molecule has 10 heteroatoms. The first-order chi connectivity index (χ1) is 15.6. The lowest BCUT2D eigenvalue weighted by molar-refractivity contribution is -0.162. The lowest BCUT2D eigenvalue weighted by Gasteiger charge is -2.30. The molecule has 1 aliphatic rings. The van der Waals surface area contributed by atoms with Crippen LogP contribution in [-0.2, 0) is 20.7 Å². The Morgan fingerprint density at radius 2 is 1.61 bits per heavy atom. The van der Waals surface area contributed by atoms with Crippen molar-refractivity contribution < 1.29 is 49.7 Å². The van der Waals surface area contributed by atoms with E-state index < -0.39 is 41.6 Å². The summed E-state index contributed by atoms with van der Waals surface area (Å²) < 4.78 is 9.76. The van der Waals surface area contributed by atoms with Gasteiger partial charge in [-0.05, 0) is 24.1 Å². The molecule has 0 radical (unpaired) electrons. The van der Waals surface area contributed by atoms with Crippen LogP contribution in [0.2, 0.25) is 0 Å². The summed E-state index contributed by atoms with van der Waals surface area (Å²) in [7, 11) is 0. The zero-order valence-electron chi connectivity index (χ0n) is 18.0. The van der Waals surface area contributed by atoms with Gasteiger partial charge in [-0.2, -0.15) is 0 Å². The number of aliphatic hydroxyl groups excluding tert-OH is 2. The Labute approximate surface area is 190 Å². The van der Waals surface area contributed by atoms with Crippen LogP contribution < -0.4 is 0 Å². The Hall–Kier alpha value is -3.34. The van der Waals surface area contributed by atoms with E-state index in [2.05, 4.69) is 4.74 Å². The van der Waals surface area contributed by atoms with Crippen molar-refractivity contribution in [1.82, 2.24) is 0 Å². The number of ketones is 1. The Morgan fingerprint density at radius 1 is 1.00 bits per heavy atom. The minimum atomic E-state index is -0.761. The van der Waals surface area contributed by atoms with Gasteiger partial charge in [0.15, 0.2) is 5.78 Å². The summed E-state index contributed by atoms with van der Waals surface area (Å²) in [6.07, 6.45) is -1.11. The minimum Gasteiger partial charge on any atom is -0.508 e. The van der Waals surface area contributed by atoms with E-state index in [0.29, 0.717) is 6.42 Å². The monoisotopic (exact) mass is 464 g/mol. The fourth-order valence-electron chi connectivity index (χ4n) is 3.13. The van der Waals surface area contributed by atoms with Crippen molar-refractivity contribution in [3.05, 3.63) is 47.5 Å². The minimum absolute atomic E-state index is 0.0449. The van der Waals surface area contributed by atoms with E-state index in [1.807, 2.05) is 0 Å². The van der Waals surface area contributed by atoms with E-state index in [-0.39, 0.29) is 43.1 Å². The molecule has 0 aliphatic carbocycles. The highest BCUT2D eigenvalue weighted by atomic mass is 16.6. The molecule has 3 atom stereocenters. The lowest BCUT2D eigenvalue weighted by Crippen LogP contribution is -2.43. The number of carbonyl (C=O) groups is 2. The van der Waals surface area contributed by atoms with Gasteiger partial charge in [0.2, 0.25) is 0 Å². The average molecular weight is 464 g/mol. The molecule has 6 N–H and O–H groups in total. The fraction of sp³-hybridized carbons (Fsp3) is 0.391. The van der Waals surface area contributed by atoms with Gasteiger partial charge in [0.1, 0.15) is 41.3 Å². The Kier molecular flexibility index (Phi) is 9.46. The summed E-state index contributed by atoms with van der Waals surface area (Å²) in [4.78, 5) is 22.4. The van der Waals surface area contributed by atoms with Crippen molar-refractivity contribution in [3.63, 3.8) is 0 Å². The van der Waals surface area contributed by atoms with E-state index in [4.69, 9.17) is 14.9 Å². The molecule has 0 aromatic heterocycles. The van der Waals surface area contributed by atoms with Crippen LogP contribution in [0.15, 0.2) is 36.4 Å². The first kappa shape index (κ1) is 25.9. The Bertz CT molecular complexity index is 918. The number of aryl methyl sites for hydroxylation is 1. The van der Waals surface area contributed by atoms with E-state index in [1.165, 1.54) is 19.1 Å². The van der Waals surface area contributed by atoms with Gasteiger partial charge in [-0.15, -0.1) is 0 Å². The first-order valence-electron chi connectivity index (χ1n) is 10.2. The molecule has 1 aliphatic heterocycles. The number of esters is 1. The molecule has 33 heavy (non-hydrogen) atoms. The van der Waals surface area contributed by atoms with E-state index >= 15 is 0 Å². The zero-order chi connectivity index (χ0) is 24.5. The largest absolute Gasteiger partial charge is 0.508 e. The number of ether oxygens (including phenoxy) is 2. The van der Waals surface area contributed by atoms with Crippen molar-refractivity contribution in [2.75, 3.05) is 13.2 Å². The second-order valence-electron chi connectivity index (χ2n) is 7.58. The van der Waals surface area contributed by atoms with E-state index in [1.54, 1.807) is 12.1 Å². The van der Waals surface area contributed by atoms with Gasteiger partial charge in [0.05, 0.1) is 18.8 Å². The van der Waals surface area contributed by atoms with Crippen LogP contribution in [0.25, 0.3) is 0 Å². The summed E-state index contributed by atoms with van der Waals surface area (Å²) >= 11 is 0. The Balaban J connectivity index is 0.000000257. The number of aliphatic hydroxyl groups is 2. The molecule has 1 fully saturated rings. The van der Waals surface area contributed by atoms with Gasteiger partial charge >= 0.3 is 5.97 Å². The maximum atomic E-state index is 12.0. The molecule has 2 aromatic rings. The van der Waals surface area contributed by atoms with Gasteiger partial charge in [-0.25, -0.2) is 0 Å². The summed E-state index contributed by atoms with van der Waals surface area (Å²) in [5, 5.41) is 56.0. The standard InChI is InChI=1S/C15H14O5.C8H14O5/c16-10-4-1-9(2-5-10)3-6-12(18)15-13(19)7-11(17)8-14(15)20;1-5(9)12-4-8-7(11)2-6(10)3-13-8/h1-2,4-5,7-8,16-17,19-20H,3,6H2;6-8,10-11H,2-4H2,1H3/t;6-,7?,8-/m.1/s1. The second kappa shape index (κ2) is 12.0. The smallest absolute Gasteiger partial charge is 0.302 e. The van der Waals surface area contributed by atoms with Crippen LogP contribution in [0.5, 0.6) is 23.0 Å². The molecule has 10 nitrogen and oxygen atoms in total. The SMILES string of the molecule is CC(=O)OC[C@H]1OC[C@H](O)CC1O.O=C(CCc1ccc(O)cc1)c1c(O)cc(O)cc1O. The molecule has 1 saturated heterocycles. The fourth-order valence-corrected chi connectivity index (χ4v) is 3.13. The summed E-state index contributed by atoms with van der Waals surface area (Å²) in [6.45, 7) is 1.52. The van der Waals surface area contributed by atoms with Crippen molar-refractivity contribution in [2.24, 2.45) is 0 Å². The maximum absolute atomic E-state index is 12.0. The van der Waals surface area contributed by atoms with E-state index in [0.717, 1.165) is 17.7 Å². The van der Waals surface area contributed by atoms with Crippen molar-refractivity contribution in [1.29, 1.82) is 0 Å². The molecule has 1 heterocycles. The summed E-state index contributed by atoms with van der Waals surface area (Å²) in [6, 6.07) is 8.45. The highest BCUT2D eigenvalue weighted by Crippen LogP contribution is 2.33. The number of phenolic OH excluding ortho intramolecular Hbond substituents is 4. The number of carbonyl (C=O) groups excluding carboxylic acids is 2. The Morgan fingerprint density at radius 3 is 2.15 bits per heavy atom. The summed E-state index contributed by atoms with van der Waals surface area (Å²) in [5.41, 5.74) is 0.662. The number of phenols is 4. The molecule has 0 amide bonds. The molecule has 0 saturated carbocycles. The van der Waals surface area contributed by atoms with E-state index in [9.17, 15) is 30.0 Å². The molecule has 1 unspecified atom stereocenters. The molecule has 3 rings (SSSR count).